The summed E-state index contributed by atoms with van der Waals surface area (Å²) < 4.78 is 67.1. The molecular weight excluding hydrogens is 397 g/mol. The minimum atomic E-state index is -4.55. The van der Waals surface area contributed by atoms with Gasteiger partial charge >= 0.3 is 12.2 Å². The molecule has 156 valence electrons. The molecule has 5 nitrogen and oxygen atoms in total. The third kappa shape index (κ3) is 3.14. The van der Waals surface area contributed by atoms with Crippen molar-refractivity contribution in [3.05, 3.63) is 45.4 Å². The van der Waals surface area contributed by atoms with Gasteiger partial charge in [-0.05, 0) is 49.6 Å². The first-order valence-electron chi connectivity index (χ1n) is 9.19. The predicted octanol–water partition coefficient (Wildman–Crippen LogP) is 3.92. The van der Waals surface area contributed by atoms with E-state index < -0.39 is 41.0 Å². The van der Waals surface area contributed by atoms with E-state index in [2.05, 4.69) is 10.3 Å². The molecule has 4 rings (SSSR count). The Kier molecular flexibility index (Phi) is 4.36. The van der Waals surface area contributed by atoms with Crippen LogP contribution in [-0.2, 0) is 6.42 Å². The molecule has 0 aliphatic heterocycles. The number of urea groups is 1. The first kappa shape index (κ1) is 19.7. The summed E-state index contributed by atoms with van der Waals surface area (Å²) in [5, 5.41) is 2.16. The lowest BCUT2D eigenvalue weighted by Crippen LogP contribution is -2.52. The van der Waals surface area contributed by atoms with Crippen molar-refractivity contribution in [2.45, 2.75) is 49.9 Å². The second kappa shape index (κ2) is 6.43. The maximum atomic E-state index is 13.9. The first-order chi connectivity index (χ1) is 13.5. The van der Waals surface area contributed by atoms with Crippen molar-refractivity contribution in [3.63, 3.8) is 0 Å². The van der Waals surface area contributed by atoms with Crippen molar-refractivity contribution >= 4 is 16.8 Å². The molecule has 2 aliphatic carbocycles. The minimum Gasteiger partial charge on any atom is -0.325 e. The van der Waals surface area contributed by atoms with Crippen molar-refractivity contribution in [2.24, 2.45) is 0 Å². The van der Waals surface area contributed by atoms with Gasteiger partial charge in [-0.3, -0.25) is 4.79 Å². The summed E-state index contributed by atoms with van der Waals surface area (Å²) in [5.41, 5.74) is -1.89. The van der Waals surface area contributed by atoms with E-state index >= 15 is 0 Å². The highest BCUT2D eigenvalue weighted by Crippen LogP contribution is 2.49. The molecule has 2 amide bonds. The second-order valence-electron chi connectivity index (χ2n) is 7.69. The number of pyridine rings is 1. The van der Waals surface area contributed by atoms with Gasteiger partial charge < -0.3 is 15.2 Å². The van der Waals surface area contributed by atoms with Crippen LogP contribution >= 0.6 is 0 Å². The van der Waals surface area contributed by atoms with Gasteiger partial charge in [0, 0.05) is 18.3 Å². The summed E-state index contributed by atoms with van der Waals surface area (Å²) in [6.45, 7) is 0. The second-order valence-corrected chi connectivity index (χ2v) is 7.69. The number of fused-ring (bicyclic) bond motifs is 3. The van der Waals surface area contributed by atoms with Gasteiger partial charge in [-0.25, -0.2) is 13.6 Å². The molecule has 1 saturated carbocycles. The van der Waals surface area contributed by atoms with Crippen LogP contribution in [-0.4, -0.2) is 34.7 Å². The molecular formula is C19H18F5N3O2. The van der Waals surface area contributed by atoms with Crippen LogP contribution in [0.15, 0.2) is 16.9 Å². The van der Waals surface area contributed by atoms with Gasteiger partial charge in [-0.15, -0.1) is 0 Å². The Labute approximate surface area is 161 Å². The highest BCUT2D eigenvalue weighted by atomic mass is 19.4. The van der Waals surface area contributed by atoms with E-state index in [1.165, 1.54) is 7.05 Å². The largest absolute Gasteiger partial charge is 0.411 e. The molecule has 0 radical (unpaired) electrons. The molecule has 29 heavy (non-hydrogen) atoms. The molecule has 2 aliphatic rings. The Balaban J connectivity index is 1.74. The van der Waals surface area contributed by atoms with Gasteiger partial charge in [0.2, 0.25) is 0 Å². The van der Waals surface area contributed by atoms with Crippen LogP contribution < -0.4 is 10.9 Å². The fraction of sp³-hybridized carbons (Fsp3) is 0.474. The van der Waals surface area contributed by atoms with Gasteiger partial charge in [0.1, 0.15) is 5.54 Å². The van der Waals surface area contributed by atoms with Gasteiger partial charge in [0.05, 0.1) is 11.4 Å². The van der Waals surface area contributed by atoms with Crippen LogP contribution in [0.3, 0.4) is 0 Å². The smallest absolute Gasteiger partial charge is 0.325 e. The fourth-order valence-corrected chi connectivity index (χ4v) is 4.01. The van der Waals surface area contributed by atoms with E-state index in [4.69, 9.17) is 0 Å². The highest BCUT2D eigenvalue weighted by Gasteiger charge is 2.64. The Morgan fingerprint density at radius 1 is 1.21 bits per heavy atom. The van der Waals surface area contributed by atoms with Gasteiger partial charge in [-0.2, -0.15) is 13.2 Å². The first-order valence-corrected chi connectivity index (χ1v) is 9.19. The average Bonchev–Trinajstić information content (AvgIpc) is 3.43. The molecule has 0 unspecified atom stereocenters. The molecule has 1 aromatic carbocycles. The number of nitrogens with zero attached hydrogens (tertiary/aromatic N) is 1. The van der Waals surface area contributed by atoms with Crippen molar-refractivity contribution in [3.8, 4) is 0 Å². The van der Waals surface area contributed by atoms with Crippen molar-refractivity contribution in [2.75, 3.05) is 7.05 Å². The van der Waals surface area contributed by atoms with E-state index in [1.807, 2.05) is 0 Å². The average molecular weight is 415 g/mol. The van der Waals surface area contributed by atoms with Crippen LogP contribution in [0.4, 0.5) is 26.7 Å². The zero-order chi connectivity index (χ0) is 21.1. The number of rotatable bonds is 2. The van der Waals surface area contributed by atoms with Crippen LogP contribution in [0.5, 0.6) is 0 Å². The molecule has 1 atom stereocenters. The summed E-state index contributed by atoms with van der Waals surface area (Å²) in [5.74, 6) is -2.32. The summed E-state index contributed by atoms with van der Waals surface area (Å²) in [6, 6.07) is 0.103. The number of aromatic nitrogens is 1. The lowest BCUT2D eigenvalue weighted by atomic mass is 9.87. The SMILES string of the molecule is CN(C(=O)NC1(C(F)(F)F)CC1)[C@@H]1CCCc2[nH]c(=O)c3cc(F)c(F)cc3c21. The quantitative estimate of drug-likeness (QED) is 0.731. The van der Waals surface area contributed by atoms with E-state index in [0.29, 0.717) is 30.5 Å². The number of aryl methyl sites for hydroxylation is 1. The normalized spacial score (nSPS) is 20.3. The summed E-state index contributed by atoms with van der Waals surface area (Å²) in [7, 11) is 1.36. The molecule has 1 heterocycles. The maximum Gasteiger partial charge on any atom is 0.411 e. The summed E-state index contributed by atoms with van der Waals surface area (Å²) in [4.78, 5) is 28.6. The maximum absolute atomic E-state index is 13.9. The number of aromatic amines is 1. The number of halogens is 5. The van der Waals surface area contributed by atoms with E-state index in [-0.39, 0.29) is 23.6 Å². The zero-order valence-corrected chi connectivity index (χ0v) is 15.4. The molecule has 1 aromatic heterocycles. The Bertz CT molecular complexity index is 1060. The zero-order valence-electron chi connectivity index (χ0n) is 15.4. The number of amides is 2. The number of H-pyrrole nitrogens is 1. The van der Waals surface area contributed by atoms with Crippen LogP contribution in [0.1, 0.15) is 43.0 Å². The number of hydrogen-bond donors (Lipinski definition) is 2. The summed E-state index contributed by atoms with van der Waals surface area (Å²) >= 11 is 0. The van der Waals surface area contributed by atoms with E-state index in [9.17, 15) is 31.5 Å². The molecule has 1 fully saturated rings. The standard InChI is InChI=1S/C19H18F5N3O2/c1-27(17(29)26-18(5-6-18)19(22,23)24)14-4-2-3-13-15(14)9-7-11(20)12(21)8-10(9)16(28)25-13/h7-8,14H,2-6H2,1H3,(H,25,28)(H,26,29)/t14-/m1/s1. The minimum absolute atomic E-state index is 0.0719. The highest BCUT2D eigenvalue weighted by molar-refractivity contribution is 5.87. The number of carbonyl (C=O) groups excluding carboxylic acids is 1. The Morgan fingerprint density at radius 3 is 2.41 bits per heavy atom. The van der Waals surface area contributed by atoms with E-state index in [1.54, 1.807) is 0 Å². The van der Waals surface area contributed by atoms with Crippen molar-refractivity contribution in [1.29, 1.82) is 0 Å². The van der Waals surface area contributed by atoms with E-state index in [0.717, 1.165) is 17.0 Å². The van der Waals surface area contributed by atoms with Crippen LogP contribution in [0.25, 0.3) is 10.8 Å². The van der Waals surface area contributed by atoms with Crippen LogP contribution in [0, 0.1) is 11.6 Å². The number of benzene rings is 1. The van der Waals surface area contributed by atoms with Gasteiger partial charge in [0.25, 0.3) is 5.56 Å². The lowest BCUT2D eigenvalue weighted by molar-refractivity contribution is -0.163. The third-order valence-electron chi connectivity index (χ3n) is 5.85. The molecule has 2 N–H and O–H groups in total. The topological polar surface area (TPSA) is 65.2 Å². The lowest BCUT2D eigenvalue weighted by Gasteiger charge is -2.35. The third-order valence-corrected chi connectivity index (χ3v) is 5.85. The number of nitrogens with one attached hydrogen (secondary N) is 2. The van der Waals surface area contributed by atoms with Crippen molar-refractivity contribution < 1.29 is 26.7 Å². The molecule has 0 spiro atoms. The van der Waals surface area contributed by atoms with Crippen LogP contribution in [0.2, 0.25) is 0 Å². The van der Waals surface area contributed by atoms with Gasteiger partial charge in [-0.1, -0.05) is 0 Å². The molecule has 0 saturated heterocycles. The molecule has 0 bridgehead atoms. The Hall–Kier alpha value is -2.65. The Morgan fingerprint density at radius 2 is 1.83 bits per heavy atom. The van der Waals surface area contributed by atoms with Crippen molar-refractivity contribution in [1.82, 2.24) is 15.2 Å². The summed E-state index contributed by atoms with van der Waals surface area (Å²) in [6.07, 6.45) is -3.47. The molecule has 10 heteroatoms. The molecule has 2 aromatic rings. The van der Waals surface area contributed by atoms with Gasteiger partial charge in [0.15, 0.2) is 11.6 Å². The predicted molar refractivity (Wildman–Crippen MR) is 94.5 cm³/mol. The monoisotopic (exact) mass is 415 g/mol. The number of hydrogen-bond acceptors (Lipinski definition) is 2. The number of carbonyl (C=O) groups is 1. The number of alkyl halides is 3. The fourth-order valence-electron chi connectivity index (χ4n) is 4.01.